The molecule has 1 N–H and O–H groups in total. The summed E-state index contributed by atoms with van der Waals surface area (Å²) in [5.74, 6) is -0.519. The summed E-state index contributed by atoms with van der Waals surface area (Å²) >= 11 is 2.82. The van der Waals surface area contributed by atoms with E-state index < -0.39 is 30.4 Å². The van der Waals surface area contributed by atoms with E-state index in [9.17, 15) is 31.1 Å². The summed E-state index contributed by atoms with van der Waals surface area (Å²) in [6, 6.07) is 3.36. The number of nitrogens with one attached hydrogen (secondary N) is 1. The molecule has 0 spiro atoms. The molecule has 2 rings (SSSR count). The third-order valence-electron chi connectivity index (χ3n) is 4.01. The summed E-state index contributed by atoms with van der Waals surface area (Å²) in [6.07, 6.45) is -8.36. The van der Waals surface area contributed by atoms with Crippen LogP contribution < -0.4 is 5.32 Å². The van der Waals surface area contributed by atoms with Gasteiger partial charge in [0.1, 0.15) is 0 Å². The molecule has 0 atom stereocenters. The van der Waals surface area contributed by atoms with Crippen LogP contribution in [0.2, 0.25) is 0 Å². The van der Waals surface area contributed by atoms with E-state index in [-0.39, 0.29) is 36.3 Å². The second-order valence-electron chi connectivity index (χ2n) is 6.26. The number of hydrogen-bond donors (Lipinski definition) is 1. The Morgan fingerprint density at radius 2 is 1.67 bits per heavy atom. The molecule has 1 heterocycles. The molecule has 0 radical (unpaired) electrons. The van der Waals surface area contributed by atoms with Crippen molar-refractivity contribution in [2.75, 3.05) is 44.6 Å². The fraction of sp³-hybridized carbons (Fsp3) is 0.562. The summed E-state index contributed by atoms with van der Waals surface area (Å²) in [7, 11) is 0. The Kier molecular flexibility index (Phi) is 7.14. The summed E-state index contributed by atoms with van der Waals surface area (Å²) in [5, 5.41) is 2.40. The number of carbonyl (C=O) groups excluding carboxylic acids is 1. The largest absolute Gasteiger partial charge is 0.417 e. The van der Waals surface area contributed by atoms with Gasteiger partial charge in [0.2, 0.25) is 5.91 Å². The second-order valence-corrected chi connectivity index (χ2v) is 7.12. The zero-order valence-electron chi connectivity index (χ0n) is 14.1. The van der Waals surface area contributed by atoms with Gasteiger partial charge in [0, 0.05) is 23.2 Å². The average molecular weight is 462 g/mol. The average Bonchev–Trinajstić information content (AvgIpc) is 2.72. The molecule has 1 fully saturated rings. The second kappa shape index (κ2) is 8.78. The molecule has 1 saturated heterocycles. The molecule has 1 amide bonds. The quantitative estimate of drug-likeness (QED) is 0.689. The van der Waals surface area contributed by atoms with Crippen molar-refractivity contribution in [1.82, 2.24) is 9.80 Å². The van der Waals surface area contributed by atoms with Crippen molar-refractivity contribution in [3.05, 3.63) is 28.2 Å². The van der Waals surface area contributed by atoms with E-state index in [0.717, 1.165) is 6.07 Å². The Balaban J connectivity index is 1.91. The number of rotatable bonds is 4. The van der Waals surface area contributed by atoms with Gasteiger partial charge in [-0.05, 0) is 37.7 Å². The van der Waals surface area contributed by atoms with E-state index in [4.69, 9.17) is 0 Å². The Morgan fingerprint density at radius 3 is 2.30 bits per heavy atom. The molecule has 0 bridgehead atoms. The minimum absolute atomic E-state index is 0.00375. The van der Waals surface area contributed by atoms with Crippen molar-refractivity contribution in [3.63, 3.8) is 0 Å². The van der Waals surface area contributed by atoms with Gasteiger partial charge in [0.25, 0.3) is 0 Å². The summed E-state index contributed by atoms with van der Waals surface area (Å²) < 4.78 is 76.0. The Morgan fingerprint density at radius 1 is 1.04 bits per heavy atom. The molecule has 0 unspecified atom stereocenters. The molecule has 0 aromatic heterocycles. The van der Waals surface area contributed by atoms with Crippen molar-refractivity contribution in [2.45, 2.75) is 18.8 Å². The smallest absolute Gasteiger partial charge is 0.325 e. The van der Waals surface area contributed by atoms with Gasteiger partial charge >= 0.3 is 12.4 Å². The van der Waals surface area contributed by atoms with Crippen LogP contribution in [0.25, 0.3) is 0 Å². The van der Waals surface area contributed by atoms with Crippen molar-refractivity contribution in [1.29, 1.82) is 0 Å². The van der Waals surface area contributed by atoms with E-state index in [1.807, 2.05) is 0 Å². The SMILES string of the molecule is O=C(CN1CCCN(CC(F)(F)F)CC1)Nc1ccc(Br)c(C(F)(F)F)c1. The monoisotopic (exact) mass is 461 g/mol. The highest BCUT2D eigenvalue weighted by Gasteiger charge is 2.33. The van der Waals surface area contributed by atoms with Crippen LogP contribution in [-0.4, -0.2) is 61.2 Å². The molecule has 1 aliphatic rings. The van der Waals surface area contributed by atoms with Gasteiger partial charge in [-0.3, -0.25) is 14.6 Å². The molecular formula is C16H18BrF6N3O. The van der Waals surface area contributed by atoms with E-state index in [2.05, 4.69) is 21.2 Å². The summed E-state index contributed by atoms with van der Waals surface area (Å²) in [6.45, 7) is 0.0690. The third-order valence-corrected chi connectivity index (χ3v) is 4.70. The van der Waals surface area contributed by atoms with Crippen LogP contribution in [0.15, 0.2) is 22.7 Å². The maximum absolute atomic E-state index is 12.9. The minimum Gasteiger partial charge on any atom is -0.325 e. The Labute approximate surface area is 160 Å². The predicted octanol–water partition coefficient (Wildman–Crippen LogP) is 3.98. The third kappa shape index (κ3) is 7.30. The number of benzene rings is 1. The number of amides is 1. The first kappa shape index (κ1) is 22.0. The van der Waals surface area contributed by atoms with Crippen molar-refractivity contribution >= 4 is 27.5 Å². The molecule has 0 aliphatic carbocycles. The first-order valence-electron chi connectivity index (χ1n) is 8.12. The van der Waals surface area contributed by atoms with Crippen molar-refractivity contribution in [3.8, 4) is 0 Å². The first-order valence-corrected chi connectivity index (χ1v) is 8.91. The fourth-order valence-electron chi connectivity index (χ4n) is 2.82. The van der Waals surface area contributed by atoms with Gasteiger partial charge in [0.05, 0.1) is 18.7 Å². The lowest BCUT2D eigenvalue weighted by molar-refractivity contribution is -0.145. The molecule has 11 heteroatoms. The normalized spacial score (nSPS) is 17.6. The van der Waals surface area contributed by atoms with Crippen LogP contribution >= 0.6 is 15.9 Å². The minimum atomic E-state index is -4.56. The number of nitrogens with zero attached hydrogens (tertiary/aromatic N) is 2. The van der Waals surface area contributed by atoms with E-state index in [1.54, 1.807) is 4.90 Å². The van der Waals surface area contributed by atoms with Gasteiger partial charge in [0.15, 0.2) is 0 Å². The van der Waals surface area contributed by atoms with Crippen molar-refractivity contribution < 1.29 is 31.1 Å². The van der Waals surface area contributed by atoms with Crippen LogP contribution in [0.1, 0.15) is 12.0 Å². The van der Waals surface area contributed by atoms with E-state index in [0.29, 0.717) is 13.0 Å². The lowest BCUT2D eigenvalue weighted by atomic mass is 10.2. The Bertz CT molecular complexity index is 665. The maximum atomic E-state index is 12.9. The highest BCUT2D eigenvalue weighted by atomic mass is 79.9. The van der Waals surface area contributed by atoms with Gasteiger partial charge in [-0.2, -0.15) is 26.3 Å². The lowest BCUT2D eigenvalue weighted by Crippen LogP contribution is -2.39. The van der Waals surface area contributed by atoms with Crippen LogP contribution in [0, 0.1) is 0 Å². The molecule has 1 aromatic rings. The van der Waals surface area contributed by atoms with E-state index >= 15 is 0 Å². The highest BCUT2D eigenvalue weighted by Crippen LogP contribution is 2.36. The number of halogens is 7. The Hall–Kier alpha value is -1.33. The molecule has 4 nitrogen and oxygen atoms in total. The molecule has 1 aliphatic heterocycles. The highest BCUT2D eigenvalue weighted by molar-refractivity contribution is 9.10. The standard InChI is InChI=1S/C16H18BrF6N3O/c17-13-3-2-11(8-12(13)16(21,22)23)24-14(27)9-25-4-1-5-26(7-6-25)10-15(18,19)20/h2-3,8H,1,4-7,9-10H2,(H,24,27). The number of carbonyl (C=O) groups is 1. The summed E-state index contributed by atoms with van der Waals surface area (Å²) in [4.78, 5) is 15.1. The van der Waals surface area contributed by atoms with Crippen LogP contribution in [0.3, 0.4) is 0 Å². The fourth-order valence-corrected chi connectivity index (χ4v) is 3.29. The number of anilines is 1. The maximum Gasteiger partial charge on any atom is 0.417 e. The molecule has 0 saturated carbocycles. The summed E-state index contributed by atoms with van der Waals surface area (Å²) in [5.41, 5.74) is -0.901. The van der Waals surface area contributed by atoms with Crippen LogP contribution in [0.4, 0.5) is 32.0 Å². The zero-order chi connectivity index (χ0) is 20.2. The van der Waals surface area contributed by atoms with Gasteiger partial charge in [-0.15, -0.1) is 0 Å². The van der Waals surface area contributed by atoms with Crippen LogP contribution in [-0.2, 0) is 11.0 Å². The molecule has 1 aromatic carbocycles. The number of hydrogen-bond acceptors (Lipinski definition) is 3. The number of alkyl halides is 6. The van der Waals surface area contributed by atoms with E-state index in [1.165, 1.54) is 17.0 Å². The molecule has 152 valence electrons. The zero-order valence-corrected chi connectivity index (χ0v) is 15.7. The van der Waals surface area contributed by atoms with Crippen molar-refractivity contribution in [2.24, 2.45) is 0 Å². The topological polar surface area (TPSA) is 35.6 Å². The molecular weight excluding hydrogens is 444 g/mol. The lowest BCUT2D eigenvalue weighted by Gasteiger charge is -2.22. The van der Waals surface area contributed by atoms with Gasteiger partial charge < -0.3 is 5.32 Å². The van der Waals surface area contributed by atoms with Crippen LogP contribution in [0.5, 0.6) is 0 Å². The first-order chi connectivity index (χ1) is 12.4. The van der Waals surface area contributed by atoms with Gasteiger partial charge in [-0.1, -0.05) is 15.9 Å². The van der Waals surface area contributed by atoms with Gasteiger partial charge in [-0.25, -0.2) is 0 Å². The molecule has 27 heavy (non-hydrogen) atoms. The predicted molar refractivity (Wildman–Crippen MR) is 91.3 cm³/mol.